The lowest BCUT2D eigenvalue weighted by molar-refractivity contribution is -0.159. The summed E-state index contributed by atoms with van der Waals surface area (Å²) in [5.41, 5.74) is 0.182. The maximum absolute atomic E-state index is 11.9. The number of ether oxygens (including phenoxy) is 2. The lowest BCUT2D eigenvalue weighted by Crippen LogP contribution is -2.32. The number of carbonyl (C=O) groups is 2. The van der Waals surface area contributed by atoms with Crippen molar-refractivity contribution in [1.29, 1.82) is 0 Å². The molecule has 4 heteroatoms. The Morgan fingerprint density at radius 2 is 2.00 bits per heavy atom. The summed E-state index contributed by atoms with van der Waals surface area (Å²) in [6, 6.07) is 9.56. The lowest BCUT2D eigenvalue weighted by Gasteiger charge is -2.32. The summed E-state index contributed by atoms with van der Waals surface area (Å²) in [4.78, 5) is 23.6. The molecule has 1 aliphatic heterocycles. The molecule has 1 fully saturated rings. The topological polar surface area (TPSA) is 52.6 Å². The van der Waals surface area contributed by atoms with E-state index in [4.69, 9.17) is 4.74 Å². The van der Waals surface area contributed by atoms with E-state index in [-0.39, 0.29) is 5.92 Å². The zero-order chi connectivity index (χ0) is 14.0. The van der Waals surface area contributed by atoms with Crippen molar-refractivity contribution in [3.63, 3.8) is 0 Å². The van der Waals surface area contributed by atoms with Gasteiger partial charge in [-0.15, -0.1) is 0 Å². The van der Waals surface area contributed by atoms with E-state index in [1.54, 1.807) is 0 Å². The summed E-state index contributed by atoms with van der Waals surface area (Å²) in [6.07, 6.45) is 0.334. The summed E-state index contributed by atoms with van der Waals surface area (Å²) in [5, 5.41) is 0. The van der Waals surface area contributed by atoms with E-state index >= 15 is 0 Å². The molecule has 1 heterocycles. The number of rotatable bonds is 3. The van der Waals surface area contributed by atoms with Gasteiger partial charge in [-0.2, -0.15) is 0 Å². The Balaban J connectivity index is 2.39. The minimum absolute atomic E-state index is 0.0773. The zero-order valence-electron chi connectivity index (χ0n) is 11.4. The van der Waals surface area contributed by atoms with Crippen LogP contribution in [0.4, 0.5) is 0 Å². The predicted molar refractivity (Wildman–Crippen MR) is 69.2 cm³/mol. The minimum atomic E-state index is -0.826. The highest BCUT2D eigenvalue weighted by molar-refractivity contribution is 5.96. The first-order valence-electron chi connectivity index (χ1n) is 6.37. The molecule has 0 N–H and O–H groups in total. The monoisotopic (exact) mass is 262 g/mol. The largest absolute Gasteiger partial charge is 0.468 e. The van der Waals surface area contributed by atoms with Gasteiger partial charge in [-0.25, -0.2) is 0 Å². The van der Waals surface area contributed by atoms with Crippen molar-refractivity contribution in [3.05, 3.63) is 35.9 Å². The normalized spacial score (nSPS) is 26.3. The molecule has 0 aliphatic carbocycles. The highest BCUT2D eigenvalue weighted by Crippen LogP contribution is 2.45. The van der Waals surface area contributed by atoms with E-state index in [2.05, 4.69) is 4.74 Å². The first-order valence-corrected chi connectivity index (χ1v) is 6.37. The molecule has 0 radical (unpaired) electrons. The van der Waals surface area contributed by atoms with Crippen LogP contribution in [0.25, 0.3) is 0 Å². The molecule has 2 unspecified atom stereocenters. The van der Waals surface area contributed by atoms with Gasteiger partial charge in [0.15, 0.2) is 5.92 Å². The zero-order valence-corrected chi connectivity index (χ0v) is 11.4. The molecule has 1 aromatic carbocycles. The summed E-state index contributed by atoms with van der Waals surface area (Å²) in [7, 11) is 1.29. The lowest BCUT2D eigenvalue weighted by atomic mass is 9.79. The van der Waals surface area contributed by atoms with Crippen molar-refractivity contribution >= 4 is 11.9 Å². The first-order chi connectivity index (χ1) is 9.01. The second-order valence-corrected chi connectivity index (χ2v) is 5.11. The maximum atomic E-state index is 11.9. The van der Waals surface area contributed by atoms with Gasteiger partial charge in [-0.05, 0) is 11.5 Å². The van der Waals surface area contributed by atoms with Crippen molar-refractivity contribution in [2.75, 3.05) is 7.11 Å². The highest BCUT2D eigenvalue weighted by Gasteiger charge is 2.53. The first kappa shape index (κ1) is 13.6. The third kappa shape index (κ3) is 2.23. The molecule has 102 valence electrons. The van der Waals surface area contributed by atoms with Crippen LogP contribution in [0.5, 0.6) is 0 Å². The Hall–Kier alpha value is -1.84. The van der Waals surface area contributed by atoms with Gasteiger partial charge in [0.1, 0.15) is 5.60 Å². The maximum Gasteiger partial charge on any atom is 0.321 e. The van der Waals surface area contributed by atoms with E-state index in [9.17, 15) is 9.59 Å². The molecule has 0 amide bonds. The van der Waals surface area contributed by atoms with Crippen LogP contribution < -0.4 is 0 Å². The molecule has 4 nitrogen and oxygen atoms in total. The summed E-state index contributed by atoms with van der Waals surface area (Å²) in [5.74, 6) is -1.77. The van der Waals surface area contributed by atoms with Gasteiger partial charge in [0.2, 0.25) is 0 Å². The standard InChI is InChI=1S/C15H18O4/c1-10(2)15(11-7-5-4-6-8-11)9-12(13(16)18-3)14(17)19-15/h4-8,10,12H,9H2,1-3H3. The van der Waals surface area contributed by atoms with Gasteiger partial charge in [0.05, 0.1) is 7.11 Å². The van der Waals surface area contributed by atoms with Gasteiger partial charge in [0.25, 0.3) is 0 Å². The van der Waals surface area contributed by atoms with Crippen molar-refractivity contribution in [3.8, 4) is 0 Å². The fourth-order valence-electron chi connectivity index (χ4n) is 2.58. The number of benzene rings is 1. The molecule has 2 atom stereocenters. The van der Waals surface area contributed by atoms with Crippen molar-refractivity contribution in [2.45, 2.75) is 25.9 Å². The summed E-state index contributed by atoms with van der Waals surface area (Å²) in [6.45, 7) is 3.97. The Morgan fingerprint density at radius 1 is 1.37 bits per heavy atom. The number of carbonyl (C=O) groups excluding carboxylic acids is 2. The second kappa shape index (κ2) is 5.03. The molecule has 1 saturated heterocycles. The van der Waals surface area contributed by atoms with Gasteiger partial charge in [0, 0.05) is 6.42 Å². The molecular weight excluding hydrogens is 244 g/mol. The number of hydrogen-bond donors (Lipinski definition) is 0. The Morgan fingerprint density at radius 3 is 2.53 bits per heavy atom. The molecule has 0 aromatic heterocycles. The number of methoxy groups -OCH3 is 1. The van der Waals surface area contributed by atoms with E-state index in [0.717, 1.165) is 5.56 Å². The minimum Gasteiger partial charge on any atom is -0.468 e. The quantitative estimate of drug-likeness (QED) is 0.619. The second-order valence-electron chi connectivity index (χ2n) is 5.11. The van der Waals surface area contributed by atoms with E-state index in [1.807, 2.05) is 44.2 Å². The van der Waals surface area contributed by atoms with Crippen LogP contribution in [0.15, 0.2) is 30.3 Å². The van der Waals surface area contributed by atoms with Crippen molar-refractivity contribution in [1.82, 2.24) is 0 Å². The number of cyclic esters (lactones) is 1. The molecule has 1 aromatic rings. The Kier molecular flexibility index (Phi) is 3.60. The predicted octanol–water partition coefficient (Wildman–Crippen LogP) is 2.27. The fraction of sp³-hybridized carbons (Fsp3) is 0.467. The molecule has 0 bridgehead atoms. The fourth-order valence-corrected chi connectivity index (χ4v) is 2.58. The van der Waals surface area contributed by atoms with Gasteiger partial charge in [-0.3, -0.25) is 9.59 Å². The molecule has 2 rings (SSSR count). The Bertz CT molecular complexity index is 480. The van der Waals surface area contributed by atoms with Gasteiger partial charge >= 0.3 is 11.9 Å². The third-order valence-corrected chi connectivity index (χ3v) is 3.76. The molecule has 19 heavy (non-hydrogen) atoms. The molecule has 1 aliphatic rings. The van der Waals surface area contributed by atoms with Crippen LogP contribution >= 0.6 is 0 Å². The van der Waals surface area contributed by atoms with Crippen LogP contribution in [-0.2, 0) is 24.7 Å². The van der Waals surface area contributed by atoms with E-state index in [0.29, 0.717) is 6.42 Å². The highest BCUT2D eigenvalue weighted by atomic mass is 16.6. The van der Waals surface area contributed by atoms with Crippen LogP contribution in [0.3, 0.4) is 0 Å². The SMILES string of the molecule is COC(=O)C1CC(c2ccccc2)(C(C)C)OC1=O. The van der Waals surface area contributed by atoms with Crippen LogP contribution in [0.2, 0.25) is 0 Å². The average molecular weight is 262 g/mol. The molecule has 0 saturated carbocycles. The van der Waals surface area contributed by atoms with Gasteiger partial charge < -0.3 is 9.47 Å². The molecule has 0 spiro atoms. The summed E-state index contributed by atoms with van der Waals surface area (Å²) >= 11 is 0. The third-order valence-electron chi connectivity index (χ3n) is 3.76. The van der Waals surface area contributed by atoms with Crippen LogP contribution in [0, 0.1) is 11.8 Å². The van der Waals surface area contributed by atoms with Crippen LogP contribution in [-0.4, -0.2) is 19.0 Å². The molecular formula is C15H18O4. The van der Waals surface area contributed by atoms with E-state index in [1.165, 1.54) is 7.11 Å². The van der Waals surface area contributed by atoms with E-state index < -0.39 is 23.5 Å². The van der Waals surface area contributed by atoms with Crippen molar-refractivity contribution < 1.29 is 19.1 Å². The van der Waals surface area contributed by atoms with Crippen LogP contribution in [0.1, 0.15) is 25.8 Å². The summed E-state index contributed by atoms with van der Waals surface area (Å²) < 4.78 is 10.3. The average Bonchev–Trinajstić information content (AvgIpc) is 2.78. The van der Waals surface area contributed by atoms with Gasteiger partial charge in [-0.1, -0.05) is 44.2 Å². The van der Waals surface area contributed by atoms with Crippen molar-refractivity contribution in [2.24, 2.45) is 11.8 Å². The number of esters is 2. The number of hydrogen-bond acceptors (Lipinski definition) is 4. The Labute approximate surface area is 112 Å². The smallest absolute Gasteiger partial charge is 0.321 e.